The Kier molecular flexibility index (Phi) is 4.12. The molecule has 0 spiro atoms. The Balaban J connectivity index is 2.30. The fraction of sp³-hybridized carbons (Fsp3) is 0.500. The molecule has 1 N–H and O–H groups in total. The molecule has 1 saturated carbocycles. The summed E-state index contributed by atoms with van der Waals surface area (Å²) in [6.07, 6.45) is 1.94. The van der Waals surface area contributed by atoms with E-state index in [0.717, 1.165) is 24.0 Å². The molecule has 20 heavy (non-hydrogen) atoms. The molecular formula is C14H18ClNO3S. The lowest BCUT2D eigenvalue weighted by atomic mass is 9.82. The zero-order valence-corrected chi connectivity index (χ0v) is 13.3. The van der Waals surface area contributed by atoms with E-state index < -0.39 is 9.05 Å². The van der Waals surface area contributed by atoms with Crippen molar-refractivity contribution in [3.05, 3.63) is 28.8 Å². The summed E-state index contributed by atoms with van der Waals surface area (Å²) >= 11 is 0. The second-order valence-corrected chi connectivity index (χ2v) is 8.16. The van der Waals surface area contributed by atoms with Crippen LogP contribution < -0.4 is 5.32 Å². The maximum absolute atomic E-state index is 12.3. The molecule has 0 atom stereocenters. The second kappa shape index (κ2) is 5.37. The van der Waals surface area contributed by atoms with E-state index in [9.17, 15) is 13.2 Å². The third-order valence-electron chi connectivity index (χ3n) is 3.88. The van der Waals surface area contributed by atoms with Crippen LogP contribution in [0.15, 0.2) is 17.0 Å². The van der Waals surface area contributed by atoms with Crippen molar-refractivity contribution in [1.29, 1.82) is 0 Å². The van der Waals surface area contributed by atoms with Gasteiger partial charge >= 0.3 is 0 Å². The zero-order chi connectivity index (χ0) is 15.1. The minimum absolute atomic E-state index is 0.0330. The largest absolute Gasteiger partial charge is 0.349 e. The van der Waals surface area contributed by atoms with Crippen LogP contribution in [0.5, 0.6) is 0 Å². The standard InChI is InChI=1S/C14H18ClNO3S/c1-8-4-11(5-8)16-14(17)13-7-12(20(15,18)19)6-9(2)10(13)3/h6-8,11H,4-5H2,1-3H3,(H,16,17). The van der Waals surface area contributed by atoms with Gasteiger partial charge in [0.1, 0.15) is 0 Å². The minimum Gasteiger partial charge on any atom is -0.349 e. The average molecular weight is 316 g/mol. The first-order valence-corrected chi connectivity index (χ1v) is 8.86. The Labute approximate surface area is 123 Å². The monoisotopic (exact) mass is 315 g/mol. The third-order valence-corrected chi connectivity index (χ3v) is 5.21. The number of carbonyl (C=O) groups excluding carboxylic acids is 1. The molecule has 1 aliphatic rings. The average Bonchev–Trinajstić information content (AvgIpc) is 2.28. The molecule has 4 nitrogen and oxygen atoms in total. The molecule has 1 aromatic carbocycles. The quantitative estimate of drug-likeness (QED) is 0.872. The first-order valence-electron chi connectivity index (χ1n) is 6.55. The van der Waals surface area contributed by atoms with Crippen LogP contribution in [0.2, 0.25) is 0 Å². The summed E-state index contributed by atoms with van der Waals surface area (Å²) in [6, 6.07) is 3.02. The van der Waals surface area contributed by atoms with Gasteiger partial charge in [-0.15, -0.1) is 0 Å². The molecule has 6 heteroatoms. The Morgan fingerprint density at radius 1 is 1.30 bits per heavy atom. The Hall–Kier alpha value is -1.07. The van der Waals surface area contributed by atoms with E-state index in [4.69, 9.17) is 10.7 Å². The summed E-state index contributed by atoms with van der Waals surface area (Å²) in [4.78, 5) is 12.2. The highest BCUT2D eigenvalue weighted by Gasteiger charge is 2.28. The van der Waals surface area contributed by atoms with Gasteiger partial charge < -0.3 is 5.32 Å². The topological polar surface area (TPSA) is 63.2 Å². The lowest BCUT2D eigenvalue weighted by Crippen LogP contribution is -2.43. The van der Waals surface area contributed by atoms with Gasteiger partial charge in [-0.05, 0) is 55.9 Å². The first kappa shape index (κ1) is 15.3. The van der Waals surface area contributed by atoms with E-state index in [1.54, 1.807) is 13.8 Å². The number of hydrogen-bond acceptors (Lipinski definition) is 3. The van der Waals surface area contributed by atoms with Crippen molar-refractivity contribution in [2.45, 2.75) is 44.6 Å². The van der Waals surface area contributed by atoms with Gasteiger partial charge in [-0.3, -0.25) is 4.79 Å². The highest BCUT2D eigenvalue weighted by molar-refractivity contribution is 8.13. The van der Waals surface area contributed by atoms with Gasteiger partial charge in [-0.2, -0.15) is 0 Å². The molecule has 2 rings (SSSR count). The van der Waals surface area contributed by atoms with Crippen molar-refractivity contribution in [2.24, 2.45) is 5.92 Å². The third kappa shape index (κ3) is 3.15. The molecule has 0 aliphatic heterocycles. The van der Waals surface area contributed by atoms with Crippen LogP contribution in [0, 0.1) is 19.8 Å². The van der Waals surface area contributed by atoms with Crippen LogP contribution in [0.25, 0.3) is 0 Å². The van der Waals surface area contributed by atoms with Crippen LogP contribution in [-0.2, 0) is 9.05 Å². The lowest BCUT2D eigenvalue weighted by Gasteiger charge is -2.33. The van der Waals surface area contributed by atoms with Crippen molar-refractivity contribution >= 4 is 25.6 Å². The highest BCUT2D eigenvalue weighted by Crippen LogP contribution is 2.27. The SMILES string of the molecule is Cc1cc(S(=O)(=O)Cl)cc(C(=O)NC2CC(C)C2)c1C. The zero-order valence-electron chi connectivity index (χ0n) is 11.7. The Bertz CT molecular complexity index is 649. The summed E-state index contributed by atoms with van der Waals surface area (Å²) < 4.78 is 22.9. The fourth-order valence-electron chi connectivity index (χ4n) is 2.49. The van der Waals surface area contributed by atoms with Crippen LogP contribution in [0.1, 0.15) is 41.3 Å². The number of amides is 1. The molecule has 0 heterocycles. The molecule has 0 unspecified atom stereocenters. The van der Waals surface area contributed by atoms with E-state index in [0.29, 0.717) is 11.5 Å². The fourth-order valence-corrected chi connectivity index (χ4v) is 3.33. The molecule has 0 saturated heterocycles. The molecule has 0 aromatic heterocycles. The minimum atomic E-state index is -3.83. The second-order valence-electron chi connectivity index (χ2n) is 5.60. The summed E-state index contributed by atoms with van der Waals surface area (Å²) in [7, 11) is 1.53. The highest BCUT2D eigenvalue weighted by atomic mass is 35.7. The van der Waals surface area contributed by atoms with Crippen LogP contribution >= 0.6 is 10.7 Å². The van der Waals surface area contributed by atoms with Crippen LogP contribution in [0.4, 0.5) is 0 Å². The molecule has 1 aliphatic carbocycles. The van der Waals surface area contributed by atoms with Gasteiger partial charge in [0.25, 0.3) is 15.0 Å². The smallest absolute Gasteiger partial charge is 0.261 e. The summed E-state index contributed by atoms with van der Waals surface area (Å²) in [5.41, 5.74) is 1.89. The van der Waals surface area contributed by atoms with Crippen molar-refractivity contribution in [2.75, 3.05) is 0 Å². The maximum atomic E-state index is 12.3. The van der Waals surface area contributed by atoms with E-state index in [1.165, 1.54) is 12.1 Å². The molecule has 1 aromatic rings. The van der Waals surface area contributed by atoms with E-state index in [1.807, 2.05) is 0 Å². The maximum Gasteiger partial charge on any atom is 0.261 e. The summed E-state index contributed by atoms with van der Waals surface area (Å²) in [5.74, 6) is 0.405. The number of nitrogens with one attached hydrogen (secondary N) is 1. The van der Waals surface area contributed by atoms with Crippen molar-refractivity contribution in [3.63, 3.8) is 0 Å². The predicted octanol–water partition coefficient (Wildman–Crippen LogP) is 2.76. The van der Waals surface area contributed by atoms with Gasteiger partial charge in [0.15, 0.2) is 0 Å². The van der Waals surface area contributed by atoms with Gasteiger partial charge in [0, 0.05) is 22.3 Å². The first-order chi connectivity index (χ1) is 9.18. The van der Waals surface area contributed by atoms with Gasteiger partial charge in [0.05, 0.1) is 4.90 Å². The van der Waals surface area contributed by atoms with Crippen molar-refractivity contribution < 1.29 is 13.2 Å². The molecule has 1 fully saturated rings. The lowest BCUT2D eigenvalue weighted by molar-refractivity contribution is 0.0895. The molecule has 110 valence electrons. The van der Waals surface area contributed by atoms with E-state index in [2.05, 4.69) is 12.2 Å². The van der Waals surface area contributed by atoms with Crippen molar-refractivity contribution in [3.8, 4) is 0 Å². The Morgan fingerprint density at radius 2 is 1.90 bits per heavy atom. The molecule has 0 radical (unpaired) electrons. The molecular weight excluding hydrogens is 298 g/mol. The predicted molar refractivity (Wildman–Crippen MR) is 78.6 cm³/mol. The number of rotatable bonds is 3. The number of hydrogen-bond donors (Lipinski definition) is 1. The molecule has 1 amide bonds. The molecule has 0 bridgehead atoms. The van der Waals surface area contributed by atoms with Crippen LogP contribution in [0.3, 0.4) is 0 Å². The summed E-state index contributed by atoms with van der Waals surface area (Å²) in [6.45, 7) is 5.71. The van der Waals surface area contributed by atoms with Gasteiger partial charge in [-0.1, -0.05) is 6.92 Å². The number of aryl methyl sites for hydroxylation is 1. The van der Waals surface area contributed by atoms with Crippen molar-refractivity contribution in [1.82, 2.24) is 5.32 Å². The van der Waals surface area contributed by atoms with Gasteiger partial charge in [0.2, 0.25) is 0 Å². The van der Waals surface area contributed by atoms with Gasteiger partial charge in [-0.25, -0.2) is 8.42 Å². The Morgan fingerprint density at radius 3 is 2.40 bits per heavy atom. The van der Waals surface area contributed by atoms with E-state index >= 15 is 0 Å². The number of halogens is 1. The number of benzene rings is 1. The normalized spacial score (nSPS) is 22.2. The summed E-state index contributed by atoms with van der Waals surface area (Å²) in [5, 5.41) is 2.93. The van der Waals surface area contributed by atoms with E-state index in [-0.39, 0.29) is 16.8 Å². The van der Waals surface area contributed by atoms with Crippen LogP contribution in [-0.4, -0.2) is 20.4 Å². The number of carbonyl (C=O) groups is 1.